The van der Waals surface area contributed by atoms with Gasteiger partial charge in [-0.25, -0.2) is 0 Å². The van der Waals surface area contributed by atoms with Crippen LogP contribution in [0.4, 0.5) is 0 Å². The lowest BCUT2D eigenvalue weighted by molar-refractivity contribution is 0.317. The molecule has 3 N–H and O–H groups in total. The zero-order chi connectivity index (χ0) is 11.1. The van der Waals surface area contributed by atoms with E-state index in [4.69, 9.17) is 5.73 Å². The van der Waals surface area contributed by atoms with Crippen molar-refractivity contribution >= 4 is 5.96 Å². The van der Waals surface area contributed by atoms with E-state index in [1.807, 2.05) is 0 Å². The summed E-state index contributed by atoms with van der Waals surface area (Å²) in [4.78, 5) is 6.73. The van der Waals surface area contributed by atoms with Gasteiger partial charge in [0.2, 0.25) is 0 Å². The molecule has 0 aromatic heterocycles. The SMILES string of the molecule is CCCCNC(N)=NCC1CCCN1C. The number of unbranched alkanes of at least 4 members (excludes halogenated alkanes) is 1. The first-order chi connectivity index (χ1) is 7.24. The Labute approximate surface area is 92.9 Å². The van der Waals surface area contributed by atoms with Crippen LogP contribution in [0.2, 0.25) is 0 Å². The molecule has 1 atom stereocenters. The molecule has 0 saturated carbocycles. The minimum absolute atomic E-state index is 0.594. The maximum Gasteiger partial charge on any atom is 0.188 e. The summed E-state index contributed by atoms with van der Waals surface area (Å²) in [6.45, 7) is 5.14. The molecule has 1 saturated heterocycles. The average Bonchev–Trinajstić information content (AvgIpc) is 2.61. The Bertz CT molecular complexity index is 203. The van der Waals surface area contributed by atoms with E-state index in [0.29, 0.717) is 12.0 Å². The molecule has 15 heavy (non-hydrogen) atoms. The number of aliphatic imine (C=N–C) groups is 1. The Morgan fingerprint density at radius 1 is 1.60 bits per heavy atom. The van der Waals surface area contributed by atoms with E-state index < -0.39 is 0 Å². The number of likely N-dealkylation sites (N-methyl/N-ethyl adjacent to an activating group) is 1. The largest absolute Gasteiger partial charge is 0.370 e. The van der Waals surface area contributed by atoms with Crippen LogP contribution >= 0.6 is 0 Å². The maximum absolute atomic E-state index is 5.76. The zero-order valence-corrected chi connectivity index (χ0v) is 10.00. The molecule has 1 aliphatic heterocycles. The highest BCUT2D eigenvalue weighted by Gasteiger charge is 2.19. The third-order valence-corrected chi connectivity index (χ3v) is 2.98. The summed E-state index contributed by atoms with van der Waals surface area (Å²) in [5, 5.41) is 3.13. The lowest BCUT2D eigenvalue weighted by Crippen LogP contribution is -2.35. The molecule has 0 aliphatic carbocycles. The minimum atomic E-state index is 0.594. The highest BCUT2D eigenvalue weighted by molar-refractivity contribution is 5.77. The van der Waals surface area contributed by atoms with Crippen molar-refractivity contribution in [2.45, 2.75) is 38.6 Å². The van der Waals surface area contributed by atoms with Gasteiger partial charge >= 0.3 is 0 Å². The van der Waals surface area contributed by atoms with Gasteiger partial charge in [0.25, 0.3) is 0 Å². The van der Waals surface area contributed by atoms with Gasteiger partial charge in [0.05, 0.1) is 6.54 Å². The second-order valence-electron chi connectivity index (χ2n) is 4.28. The Balaban J connectivity index is 2.18. The van der Waals surface area contributed by atoms with Crippen molar-refractivity contribution in [2.24, 2.45) is 10.7 Å². The molecule has 0 aromatic carbocycles. The first-order valence-electron chi connectivity index (χ1n) is 5.98. The molecule has 0 radical (unpaired) electrons. The second kappa shape index (κ2) is 6.67. The molecule has 1 heterocycles. The molecule has 4 nitrogen and oxygen atoms in total. The third kappa shape index (κ3) is 4.51. The Kier molecular flexibility index (Phi) is 5.47. The van der Waals surface area contributed by atoms with E-state index >= 15 is 0 Å². The van der Waals surface area contributed by atoms with Crippen LogP contribution in [0.5, 0.6) is 0 Å². The van der Waals surface area contributed by atoms with Crippen molar-refractivity contribution in [1.29, 1.82) is 0 Å². The average molecular weight is 212 g/mol. The number of nitrogens with one attached hydrogen (secondary N) is 1. The van der Waals surface area contributed by atoms with Crippen LogP contribution in [0.3, 0.4) is 0 Å². The van der Waals surface area contributed by atoms with Gasteiger partial charge in [-0.1, -0.05) is 13.3 Å². The summed E-state index contributed by atoms with van der Waals surface area (Å²) < 4.78 is 0. The first-order valence-corrected chi connectivity index (χ1v) is 5.98. The summed E-state index contributed by atoms with van der Waals surface area (Å²) in [6.07, 6.45) is 4.88. The highest BCUT2D eigenvalue weighted by atomic mass is 15.2. The van der Waals surface area contributed by atoms with Crippen molar-refractivity contribution in [3.63, 3.8) is 0 Å². The van der Waals surface area contributed by atoms with E-state index in [9.17, 15) is 0 Å². The van der Waals surface area contributed by atoms with Crippen LogP contribution in [0.25, 0.3) is 0 Å². The lowest BCUT2D eigenvalue weighted by Gasteiger charge is -2.17. The number of hydrogen-bond donors (Lipinski definition) is 2. The molecule has 0 amide bonds. The summed E-state index contributed by atoms with van der Waals surface area (Å²) in [7, 11) is 2.16. The van der Waals surface area contributed by atoms with E-state index in [1.54, 1.807) is 0 Å². The molecule has 88 valence electrons. The van der Waals surface area contributed by atoms with Gasteiger partial charge < -0.3 is 16.0 Å². The Hall–Kier alpha value is -0.770. The molecule has 0 aromatic rings. The highest BCUT2D eigenvalue weighted by Crippen LogP contribution is 2.14. The second-order valence-corrected chi connectivity index (χ2v) is 4.28. The van der Waals surface area contributed by atoms with Crippen molar-refractivity contribution < 1.29 is 0 Å². The number of rotatable bonds is 5. The Morgan fingerprint density at radius 2 is 2.40 bits per heavy atom. The monoisotopic (exact) mass is 212 g/mol. The van der Waals surface area contributed by atoms with Gasteiger partial charge in [-0.3, -0.25) is 4.99 Å². The molecule has 4 heteroatoms. The van der Waals surface area contributed by atoms with Gasteiger partial charge in [0, 0.05) is 12.6 Å². The van der Waals surface area contributed by atoms with Crippen LogP contribution in [-0.4, -0.2) is 43.6 Å². The van der Waals surface area contributed by atoms with Crippen LogP contribution in [0.1, 0.15) is 32.6 Å². The predicted molar refractivity (Wildman–Crippen MR) is 65.1 cm³/mol. The molecular formula is C11H24N4. The van der Waals surface area contributed by atoms with Crippen LogP contribution < -0.4 is 11.1 Å². The van der Waals surface area contributed by atoms with Crippen molar-refractivity contribution in [3.8, 4) is 0 Å². The predicted octanol–water partition coefficient (Wildman–Crippen LogP) is 0.785. The van der Waals surface area contributed by atoms with Crippen molar-refractivity contribution in [3.05, 3.63) is 0 Å². The van der Waals surface area contributed by atoms with Gasteiger partial charge in [-0.2, -0.15) is 0 Å². The number of nitrogens with two attached hydrogens (primary N) is 1. The van der Waals surface area contributed by atoms with Crippen LogP contribution in [0.15, 0.2) is 4.99 Å². The van der Waals surface area contributed by atoms with Crippen molar-refractivity contribution in [1.82, 2.24) is 10.2 Å². The van der Waals surface area contributed by atoms with E-state index in [1.165, 1.54) is 25.8 Å². The number of hydrogen-bond acceptors (Lipinski definition) is 2. The lowest BCUT2D eigenvalue weighted by atomic mass is 10.2. The first kappa shape index (κ1) is 12.3. The van der Waals surface area contributed by atoms with E-state index in [2.05, 4.69) is 29.2 Å². The zero-order valence-electron chi connectivity index (χ0n) is 10.00. The normalized spacial score (nSPS) is 23.3. The molecule has 0 bridgehead atoms. The minimum Gasteiger partial charge on any atom is -0.370 e. The topological polar surface area (TPSA) is 53.6 Å². The molecular weight excluding hydrogens is 188 g/mol. The number of nitrogens with zero attached hydrogens (tertiary/aromatic N) is 2. The maximum atomic E-state index is 5.76. The quantitative estimate of drug-likeness (QED) is 0.402. The summed E-state index contributed by atoms with van der Waals surface area (Å²) >= 11 is 0. The summed E-state index contributed by atoms with van der Waals surface area (Å²) in [6, 6.07) is 0.594. The number of guanidine groups is 1. The molecule has 0 spiro atoms. The summed E-state index contributed by atoms with van der Waals surface area (Å²) in [5.74, 6) is 0.601. The van der Waals surface area contributed by atoms with E-state index in [-0.39, 0.29) is 0 Å². The molecule has 1 rings (SSSR count). The van der Waals surface area contributed by atoms with Gasteiger partial charge in [0.15, 0.2) is 5.96 Å². The van der Waals surface area contributed by atoms with Crippen LogP contribution in [-0.2, 0) is 0 Å². The van der Waals surface area contributed by atoms with Gasteiger partial charge in [-0.15, -0.1) is 0 Å². The molecule has 1 aliphatic rings. The number of likely N-dealkylation sites (tertiary alicyclic amines) is 1. The standard InChI is InChI=1S/C11H24N4/c1-3-4-7-13-11(12)14-9-10-6-5-8-15(10)2/h10H,3-9H2,1-2H3,(H3,12,13,14). The Morgan fingerprint density at radius 3 is 3.00 bits per heavy atom. The van der Waals surface area contributed by atoms with Crippen LogP contribution in [0, 0.1) is 0 Å². The van der Waals surface area contributed by atoms with Gasteiger partial charge in [-0.05, 0) is 32.9 Å². The molecule has 1 unspecified atom stereocenters. The summed E-state index contributed by atoms with van der Waals surface area (Å²) in [5.41, 5.74) is 5.76. The van der Waals surface area contributed by atoms with E-state index in [0.717, 1.165) is 19.5 Å². The molecule has 1 fully saturated rings. The third-order valence-electron chi connectivity index (χ3n) is 2.98. The van der Waals surface area contributed by atoms with Crippen molar-refractivity contribution in [2.75, 3.05) is 26.7 Å². The smallest absolute Gasteiger partial charge is 0.188 e. The fourth-order valence-electron chi connectivity index (χ4n) is 1.86. The fraction of sp³-hybridized carbons (Fsp3) is 0.909. The fourth-order valence-corrected chi connectivity index (χ4v) is 1.86. The van der Waals surface area contributed by atoms with Gasteiger partial charge in [0.1, 0.15) is 0 Å².